The van der Waals surface area contributed by atoms with Gasteiger partial charge >= 0.3 is 6.61 Å². The van der Waals surface area contributed by atoms with Crippen LogP contribution in [0, 0.1) is 0 Å². The molecule has 1 aromatic heterocycles. The van der Waals surface area contributed by atoms with Crippen molar-refractivity contribution in [1.29, 1.82) is 0 Å². The van der Waals surface area contributed by atoms with E-state index in [1.54, 1.807) is 24.3 Å². The summed E-state index contributed by atoms with van der Waals surface area (Å²) in [5, 5.41) is 3.98. The minimum atomic E-state index is -2.86. The third-order valence-corrected chi connectivity index (χ3v) is 3.13. The lowest BCUT2D eigenvalue weighted by Gasteiger charge is -2.07. The average Bonchev–Trinajstić information content (AvgIpc) is 3.02. The smallest absolute Gasteiger partial charge is 0.387 e. The third-order valence-electron chi connectivity index (χ3n) is 3.13. The molecule has 6 heteroatoms. The van der Waals surface area contributed by atoms with Gasteiger partial charge in [0.25, 0.3) is 0 Å². The summed E-state index contributed by atoms with van der Waals surface area (Å²) in [4.78, 5) is 0. The molecule has 0 bridgehead atoms. The predicted octanol–water partition coefficient (Wildman–Crippen LogP) is 4.05. The van der Waals surface area contributed by atoms with Crippen LogP contribution in [0.1, 0.15) is 5.56 Å². The molecule has 0 aliphatic carbocycles. The molecule has 0 aliphatic rings. The summed E-state index contributed by atoms with van der Waals surface area (Å²) in [6.07, 6.45) is 2.64. The SMILES string of the molecule is FC(F)Oc1cnn(-c2ccc(OCc3ccccc3)cc2)c1. The highest BCUT2D eigenvalue weighted by atomic mass is 19.3. The topological polar surface area (TPSA) is 36.3 Å². The van der Waals surface area contributed by atoms with Gasteiger partial charge in [0.1, 0.15) is 12.4 Å². The van der Waals surface area contributed by atoms with E-state index in [4.69, 9.17) is 4.74 Å². The fourth-order valence-electron chi connectivity index (χ4n) is 2.05. The minimum Gasteiger partial charge on any atom is -0.489 e. The minimum absolute atomic E-state index is 0.0180. The second-order valence-corrected chi connectivity index (χ2v) is 4.77. The fourth-order valence-corrected chi connectivity index (χ4v) is 2.05. The Hall–Kier alpha value is -2.89. The summed E-state index contributed by atoms with van der Waals surface area (Å²) in [5.74, 6) is 0.734. The standard InChI is InChI=1S/C17H14F2N2O2/c18-17(19)23-16-10-20-21(11-16)14-6-8-15(9-7-14)22-12-13-4-2-1-3-5-13/h1-11,17H,12H2. The highest BCUT2D eigenvalue weighted by Gasteiger charge is 2.07. The zero-order chi connectivity index (χ0) is 16.1. The second-order valence-electron chi connectivity index (χ2n) is 4.77. The summed E-state index contributed by atoms with van der Waals surface area (Å²) >= 11 is 0. The maximum Gasteiger partial charge on any atom is 0.387 e. The molecule has 0 fully saturated rings. The van der Waals surface area contributed by atoms with Gasteiger partial charge in [0.2, 0.25) is 0 Å². The fraction of sp³-hybridized carbons (Fsp3) is 0.118. The summed E-state index contributed by atoms with van der Waals surface area (Å²) in [6.45, 7) is -2.38. The molecule has 0 amide bonds. The van der Waals surface area contributed by atoms with Gasteiger partial charge in [-0.25, -0.2) is 4.68 Å². The van der Waals surface area contributed by atoms with Crippen LogP contribution >= 0.6 is 0 Å². The van der Waals surface area contributed by atoms with Crippen LogP contribution in [0.2, 0.25) is 0 Å². The quantitative estimate of drug-likeness (QED) is 0.688. The van der Waals surface area contributed by atoms with Gasteiger partial charge in [-0.2, -0.15) is 13.9 Å². The molecular weight excluding hydrogens is 302 g/mol. The van der Waals surface area contributed by atoms with Gasteiger partial charge in [-0.3, -0.25) is 0 Å². The van der Waals surface area contributed by atoms with Gasteiger partial charge in [0, 0.05) is 0 Å². The zero-order valence-electron chi connectivity index (χ0n) is 12.1. The number of aromatic nitrogens is 2. The largest absolute Gasteiger partial charge is 0.489 e. The van der Waals surface area contributed by atoms with Crippen molar-refractivity contribution in [2.24, 2.45) is 0 Å². The Kier molecular flexibility index (Phi) is 4.52. The van der Waals surface area contributed by atoms with Gasteiger partial charge in [0.15, 0.2) is 5.75 Å². The lowest BCUT2D eigenvalue weighted by atomic mass is 10.2. The van der Waals surface area contributed by atoms with E-state index in [1.165, 1.54) is 17.1 Å². The number of rotatable bonds is 6. The molecule has 0 N–H and O–H groups in total. The maximum absolute atomic E-state index is 12.1. The molecule has 0 radical (unpaired) electrons. The molecular formula is C17H14F2N2O2. The summed E-state index contributed by atoms with van der Waals surface area (Å²) in [5.41, 5.74) is 1.80. The Balaban J connectivity index is 1.63. The highest BCUT2D eigenvalue weighted by Crippen LogP contribution is 2.19. The molecule has 0 saturated carbocycles. The Morgan fingerprint density at radius 2 is 1.70 bits per heavy atom. The monoisotopic (exact) mass is 316 g/mol. The van der Waals surface area contributed by atoms with Crippen LogP contribution in [0.25, 0.3) is 5.69 Å². The summed E-state index contributed by atoms with van der Waals surface area (Å²) < 4.78 is 35.7. The lowest BCUT2D eigenvalue weighted by Crippen LogP contribution is -2.00. The van der Waals surface area contributed by atoms with Gasteiger partial charge in [-0.15, -0.1) is 0 Å². The van der Waals surface area contributed by atoms with Crippen LogP contribution in [0.15, 0.2) is 67.0 Å². The average molecular weight is 316 g/mol. The van der Waals surface area contributed by atoms with E-state index in [9.17, 15) is 8.78 Å². The molecule has 4 nitrogen and oxygen atoms in total. The van der Waals surface area contributed by atoms with Crippen molar-refractivity contribution in [3.8, 4) is 17.2 Å². The van der Waals surface area contributed by atoms with E-state index in [0.29, 0.717) is 12.4 Å². The van der Waals surface area contributed by atoms with Crippen LogP contribution in [0.4, 0.5) is 8.78 Å². The number of benzene rings is 2. The van der Waals surface area contributed by atoms with Crippen molar-refractivity contribution in [3.05, 3.63) is 72.6 Å². The van der Waals surface area contributed by atoms with E-state index in [2.05, 4.69) is 9.84 Å². The first-order chi connectivity index (χ1) is 11.2. The number of hydrogen-bond donors (Lipinski definition) is 0. The highest BCUT2D eigenvalue weighted by molar-refractivity contribution is 5.37. The van der Waals surface area contributed by atoms with Crippen LogP contribution in [0.5, 0.6) is 11.5 Å². The van der Waals surface area contributed by atoms with Crippen LogP contribution in [-0.4, -0.2) is 16.4 Å². The molecule has 3 rings (SSSR count). The molecule has 0 atom stereocenters. The molecule has 0 spiro atoms. The molecule has 0 unspecified atom stereocenters. The van der Waals surface area contributed by atoms with Crippen molar-refractivity contribution in [3.63, 3.8) is 0 Å². The first kappa shape index (κ1) is 15.0. The first-order valence-electron chi connectivity index (χ1n) is 6.97. The molecule has 23 heavy (non-hydrogen) atoms. The van der Waals surface area contributed by atoms with Crippen LogP contribution < -0.4 is 9.47 Å². The van der Waals surface area contributed by atoms with E-state index in [1.807, 2.05) is 30.3 Å². The van der Waals surface area contributed by atoms with Crippen molar-refractivity contribution in [2.75, 3.05) is 0 Å². The molecule has 0 aliphatic heterocycles. The first-order valence-corrected chi connectivity index (χ1v) is 6.97. The van der Waals surface area contributed by atoms with Crippen molar-refractivity contribution < 1.29 is 18.3 Å². The van der Waals surface area contributed by atoms with E-state index >= 15 is 0 Å². The summed E-state index contributed by atoms with van der Waals surface area (Å²) in [7, 11) is 0. The molecule has 0 saturated heterocycles. The third kappa shape index (κ3) is 4.06. The van der Waals surface area contributed by atoms with Crippen LogP contribution in [-0.2, 0) is 6.61 Å². The number of alkyl halides is 2. The van der Waals surface area contributed by atoms with Crippen molar-refractivity contribution in [1.82, 2.24) is 9.78 Å². The van der Waals surface area contributed by atoms with Gasteiger partial charge in [-0.1, -0.05) is 30.3 Å². The van der Waals surface area contributed by atoms with E-state index in [-0.39, 0.29) is 5.75 Å². The van der Waals surface area contributed by atoms with Gasteiger partial charge in [0.05, 0.1) is 18.1 Å². The number of nitrogens with zero attached hydrogens (tertiary/aromatic N) is 2. The second kappa shape index (κ2) is 6.91. The maximum atomic E-state index is 12.1. The number of ether oxygens (including phenoxy) is 2. The van der Waals surface area contributed by atoms with Crippen molar-refractivity contribution >= 4 is 0 Å². The normalized spacial score (nSPS) is 10.7. The van der Waals surface area contributed by atoms with Gasteiger partial charge in [-0.05, 0) is 29.8 Å². The van der Waals surface area contributed by atoms with Gasteiger partial charge < -0.3 is 9.47 Å². The lowest BCUT2D eigenvalue weighted by molar-refractivity contribution is -0.0498. The van der Waals surface area contributed by atoms with Crippen LogP contribution in [0.3, 0.4) is 0 Å². The molecule has 118 valence electrons. The Bertz CT molecular complexity index is 743. The molecule has 2 aromatic carbocycles. The Labute approximate surface area is 131 Å². The van der Waals surface area contributed by atoms with Crippen molar-refractivity contribution in [2.45, 2.75) is 13.2 Å². The van der Waals surface area contributed by atoms with E-state index in [0.717, 1.165) is 11.3 Å². The predicted molar refractivity (Wildman–Crippen MR) is 81.0 cm³/mol. The Morgan fingerprint density at radius 1 is 0.957 bits per heavy atom. The number of halogens is 2. The molecule has 1 heterocycles. The molecule has 3 aromatic rings. The zero-order valence-corrected chi connectivity index (χ0v) is 12.1. The van der Waals surface area contributed by atoms with E-state index < -0.39 is 6.61 Å². The summed E-state index contributed by atoms with van der Waals surface area (Å²) in [6, 6.07) is 17.0. The Morgan fingerprint density at radius 3 is 2.39 bits per heavy atom. The number of hydrogen-bond acceptors (Lipinski definition) is 3.